The summed E-state index contributed by atoms with van der Waals surface area (Å²) < 4.78 is 42.0. The van der Waals surface area contributed by atoms with Gasteiger partial charge in [-0.1, -0.05) is 86.6 Å². The molecule has 0 bridgehead atoms. The van der Waals surface area contributed by atoms with Crippen LogP contribution in [-0.2, 0) is 16.4 Å². The maximum Gasteiger partial charge on any atom is 0.418 e. The first kappa shape index (κ1) is 26.8. The van der Waals surface area contributed by atoms with Gasteiger partial charge in [0.05, 0.1) is 17.0 Å². The number of thioether (sulfide) groups is 1. The van der Waals surface area contributed by atoms with Gasteiger partial charge in [0, 0.05) is 16.3 Å². The molecule has 5 nitrogen and oxygen atoms in total. The fourth-order valence-electron chi connectivity index (χ4n) is 3.66. The average molecular weight is 545 g/mol. The number of para-hydroxylation sites is 1. The van der Waals surface area contributed by atoms with Crippen LogP contribution in [0.15, 0.2) is 78.0 Å². The molecule has 0 aliphatic carbocycles. The molecule has 3 aromatic carbocycles. The lowest BCUT2D eigenvalue weighted by molar-refractivity contribution is -0.137. The third-order valence-electron chi connectivity index (χ3n) is 5.55. The van der Waals surface area contributed by atoms with Crippen LogP contribution in [0.1, 0.15) is 31.9 Å². The van der Waals surface area contributed by atoms with Crippen LogP contribution < -0.4 is 5.32 Å². The van der Waals surface area contributed by atoms with E-state index in [1.165, 1.54) is 11.6 Å². The molecule has 0 atom stereocenters. The van der Waals surface area contributed by atoms with E-state index in [9.17, 15) is 18.0 Å². The van der Waals surface area contributed by atoms with Gasteiger partial charge in [0.1, 0.15) is 0 Å². The van der Waals surface area contributed by atoms with Gasteiger partial charge in [0.15, 0.2) is 11.0 Å². The topological polar surface area (TPSA) is 59.8 Å². The Morgan fingerprint density at radius 1 is 0.973 bits per heavy atom. The highest BCUT2D eigenvalue weighted by Crippen LogP contribution is 2.37. The number of nitrogens with one attached hydrogen (secondary N) is 1. The van der Waals surface area contributed by atoms with Crippen molar-refractivity contribution in [2.45, 2.75) is 37.5 Å². The zero-order valence-corrected chi connectivity index (χ0v) is 21.9. The minimum Gasteiger partial charge on any atom is -0.325 e. The summed E-state index contributed by atoms with van der Waals surface area (Å²) in [7, 11) is 0. The maximum atomic E-state index is 13.4. The third kappa shape index (κ3) is 6.34. The number of amides is 1. The molecule has 1 amide bonds. The largest absolute Gasteiger partial charge is 0.418 e. The molecule has 10 heteroatoms. The summed E-state index contributed by atoms with van der Waals surface area (Å²) in [4.78, 5) is 12.6. The van der Waals surface area contributed by atoms with E-state index in [0.717, 1.165) is 35.1 Å². The predicted octanol–water partition coefficient (Wildman–Crippen LogP) is 7.63. The molecule has 0 saturated carbocycles. The Morgan fingerprint density at radius 2 is 1.65 bits per heavy atom. The summed E-state index contributed by atoms with van der Waals surface area (Å²) in [5.41, 5.74) is 1.45. The molecule has 1 aromatic heterocycles. The molecule has 1 N–H and O–H groups in total. The fraction of sp³-hybridized carbons (Fsp3) is 0.222. The predicted molar refractivity (Wildman–Crippen MR) is 141 cm³/mol. The standard InChI is InChI=1S/C27H24ClF3N4OS/c1-26(2,3)18-11-9-17(10-12-18)24-33-34-25(35(24)20-7-5-4-6-8-20)37-16-23(36)32-22-14-13-19(28)15-21(22)27(29,30)31/h4-15H,16H2,1-3H3,(H,32,36). The molecule has 0 radical (unpaired) electrons. The number of carbonyl (C=O) groups excluding carboxylic acids is 1. The van der Waals surface area contributed by atoms with Crippen molar-refractivity contribution in [2.75, 3.05) is 11.1 Å². The minimum atomic E-state index is -4.66. The Bertz CT molecular complexity index is 1400. The van der Waals surface area contributed by atoms with Gasteiger partial charge in [-0.3, -0.25) is 9.36 Å². The van der Waals surface area contributed by atoms with Crippen LogP contribution in [0.25, 0.3) is 17.1 Å². The molecule has 4 aromatic rings. The van der Waals surface area contributed by atoms with Crippen molar-refractivity contribution in [1.82, 2.24) is 14.8 Å². The molecule has 37 heavy (non-hydrogen) atoms. The fourth-order valence-corrected chi connectivity index (χ4v) is 4.58. The molecular formula is C27H24ClF3N4OS. The molecule has 0 aliphatic heterocycles. The van der Waals surface area contributed by atoms with E-state index in [2.05, 4.69) is 36.3 Å². The van der Waals surface area contributed by atoms with E-state index in [1.807, 2.05) is 59.2 Å². The monoisotopic (exact) mass is 544 g/mol. The minimum absolute atomic E-state index is 0.00390. The second kappa shape index (κ2) is 10.6. The van der Waals surface area contributed by atoms with Crippen molar-refractivity contribution >= 4 is 35.0 Å². The highest BCUT2D eigenvalue weighted by atomic mass is 35.5. The van der Waals surface area contributed by atoms with Gasteiger partial charge >= 0.3 is 6.18 Å². The number of carbonyl (C=O) groups is 1. The molecule has 4 rings (SSSR count). The summed E-state index contributed by atoms with van der Waals surface area (Å²) >= 11 is 6.80. The number of anilines is 1. The van der Waals surface area contributed by atoms with Crippen molar-refractivity contribution in [3.63, 3.8) is 0 Å². The van der Waals surface area contributed by atoms with Crippen LogP contribution in [0.4, 0.5) is 18.9 Å². The molecule has 0 aliphatic rings. The first-order valence-corrected chi connectivity index (χ1v) is 12.7. The number of aromatic nitrogens is 3. The van der Waals surface area contributed by atoms with Crippen LogP contribution in [0.2, 0.25) is 5.02 Å². The zero-order valence-electron chi connectivity index (χ0n) is 20.3. The number of halogens is 4. The van der Waals surface area contributed by atoms with Crippen molar-refractivity contribution in [3.05, 3.63) is 88.9 Å². The Labute approximate surface area is 222 Å². The van der Waals surface area contributed by atoms with E-state index in [-0.39, 0.29) is 21.9 Å². The Balaban J connectivity index is 1.60. The molecule has 0 unspecified atom stereocenters. The van der Waals surface area contributed by atoms with Crippen LogP contribution in [0, 0.1) is 0 Å². The first-order valence-electron chi connectivity index (χ1n) is 11.3. The smallest absolute Gasteiger partial charge is 0.325 e. The second-order valence-electron chi connectivity index (χ2n) is 9.33. The Morgan fingerprint density at radius 3 is 2.27 bits per heavy atom. The van der Waals surface area contributed by atoms with E-state index in [4.69, 9.17) is 11.6 Å². The van der Waals surface area contributed by atoms with E-state index >= 15 is 0 Å². The van der Waals surface area contributed by atoms with Crippen molar-refractivity contribution in [1.29, 1.82) is 0 Å². The number of benzene rings is 3. The average Bonchev–Trinajstić information content (AvgIpc) is 3.27. The van der Waals surface area contributed by atoms with Crippen LogP contribution in [-0.4, -0.2) is 26.4 Å². The van der Waals surface area contributed by atoms with E-state index < -0.39 is 17.6 Å². The van der Waals surface area contributed by atoms with Gasteiger partial charge in [-0.25, -0.2) is 0 Å². The van der Waals surface area contributed by atoms with Crippen molar-refractivity contribution in [2.24, 2.45) is 0 Å². The molecule has 0 saturated heterocycles. The zero-order chi connectivity index (χ0) is 26.8. The Kier molecular flexibility index (Phi) is 7.66. The van der Waals surface area contributed by atoms with Gasteiger partial charge in [0.25, 0.3) is 0 Å². The summed E-state index contributed by atoms with van der Waals surface area (Å²) in [6, 6.07) is 20.7. The highest BCUT2D eigenvalue weighted by molar-refractivity contribution is 7.99. The maximum absolute atomic E-state index is 13.4. The first-order chi connectivity index (χ1) is 17.4. The van der Waals surface area contributed by atoms with E-state index in [0.29, 0.717) is 11.0 Å². The van der Waals surface area contributed by atoms with E-state index in [1.54, 1.807) is 0 Å². The summed E-state index contributed by atoms with van der Waals surface area (Å²) in [5.74, 6) is -0.198. The summed E-state index contributed by atoms with van der Waals surface area (Å²) in [6.45, 7) is 6.40. The van der Waals surface area contributed by atoms with Crippen LogP contribution in [0.5, 0.6) is 0 Å². The molecular weight excluding hydrogens is 521 g/mol. The SMILES string of the molecule is CC(C)(C)c1ccc(-c2nnc(SCC(=O)Nc3ccc(Cl)cc3C(F)(F)F)n2-c2ccccc2)cc1. The Hall–Kier alpha value is -3.30. The number of hydrogen-bond acceptors (Lipinski definition) is 4. The van der Waals surface area contributed by atoms with Gasteiger partial charge < -0.3 is 5.32 Å². The van der Waals surface area contributed by atoms with Crippen LogP contribution >= 0.6 is 23.4 Å². The second-order valence-corrected chi connectivity index (χ2v) is 10.7. The molecule has 0 spiro atoms. The van der Waals surface area contributed by atoms with Gasteiger partial charge in [-0.15, -0.1) is 10.2 Å². The highest BCUT2D eigenvalue weighted by Gasteiger charge is 2.34. The van der Waals surface area contributed by atoms with Crippen molar-refractivity contribution in [3.8, 4) is 17.1 Å². The van der Waals surface area contributed by atoms with Crippen molar-refractivity contribution < 1.29 is 18.0 Å². The number of rotatable bonds is 6. The number of hydrogen-bond donors (Lipinski definition) is 1. The number of alkyl halides is 3. The lowest BCUT2D eigenvalue weighted by atomic mass is 9.87. The third-order valence-corrected chi connectivity index (χ3v) is 6.71. The molecule has 0 fully saturated rings. The normalized spacial score (nSPS) is 12.0. The van der Waals surface area contributed by atoms with Gasteiger partial charge in [0.2, 0.25) is 5.91 Å². The van der Waals surface area contributed by atoms with Gasteiger partial charge in [-0.05, 0) is 41.3 Å². The lowest BCUT2D eigenvalue weighted by Gasteiger charge is -2.19. The molecule has 192 valence electrons. The molecule has 1 heterocycles. The summed E-state index contributed by atoms with van der Waals surface area (Å²) in [5, 5.41) is 11.4. The number of nitrogens with zero attached hydrogens (tertiary/aromatic N) is 3. The van der Waals surface area contributed by atoms with Gasteiger partial charge in [-0.2, -0.15) is 13.2 Å². The van der Waals surface area contributed by atoms with Crippen LogP contribution in [0.3, 0.4) is 0 Å². The quantitative estimate of drug-likeness (QED) is 0.253. The lowest BCUT2D eigenvalue weighted by Crippen LogP contribution is -2.18. The summed E-state index contributed by atoms with van der Waals surface area (Å²) in [6.07, 6.45) is -4.66.